The number of halogens is 4. The molecule has 28 heavy (non-hydrogen) atoms. The van der Waals surface area contributed by atoms with Crippen LogP contribution in [0.4, 0.5) is 17.6 Å². The maximum absolute atomic E-state index is 14.0. The number of nitrogens with zero attached hydrogens (tertiary/aromatic N) is 3. The van der Waals surface area contributed by atoms with E-state index in [-0.39, 0.29) is 27.7 Å². The quantitative estimate of drug-likeness (QED) is 0.610. The lowest BCUT2D eigenvalue weighted by Crippen LogP contribution is -2.08. The maximum Gasteiger partial charge on any atom is 0.453 e. The van der Waals surface area contributed by atoms with Crippen LogP contribution in [0.25, 0.3) is 17.1 Å². The first-order chi connectivity index (χ1) is 13.0. The van der Waals surface area contributed by atoms with Crippen LogP contribution in [0, 0.1) is 5.82 Å². The normalized spacial score (nSPS) is 12.2. The van der Waals surface area contributed by atoms with Gasteiger partial charge in [-0.25, -0.2) is 22.5 Å². The summed E-state index contributed by atoms with van der Waals surface area (Å²) in [5.74, 6) is -2.51. The zero-order chi connectivity index (χ0) is 20.7. The molecule has 1 heterocycles. The van der Waals surface area contributed by atoms with Crippen LogP contribution < -0.4 is 4.74 Å². The summed E-state index contributed by atoms with van der Waals surface area (Å²) in [5.41, 5.74) is 0.162. The zero-order valence-electron chi connectivity index (χ0n) is 14.5. The second kappa shape index (κ2) is 6.89. The molecule has 3 rings (SSSR count). The van der Waals surface area contributed by atoms with Gasteiger partial charge in [0.25, 0.3) is 5.82 Å². The topological polar surface area (TPSA) is 74.1 Å². The van der Waals surface area contributed by atoms with E-state index in [2.05, 4.69) is 10.1 Å². The molecule has 0 bridgehead atoms. The number of ether oxygens (including phenoxy) is 1. The lowest BCUT2D eigenvalue weighted by molar-refractivity contribution is -0.144. The maximum atomic E-state index is 14.0. The van der Waals surface area contributed by atoms with E-state index in [9.17, 15) is 26.0 Å². The van der Waals surface area contributed by atoms with Gasteiger partial charge in [-0.1, -0.05) is 0 Å². The van der Waals surface area contributed by atoms with Crippen molar-refractivity contribution >= 4 is 9.84 Å². The van der Waals surface area contributed by atoms with E-state index in [1.54, 1.807) is 0 Å². The molecule has 11 heteroatoms. The average molecular weight is 415 g/mol. The van der Waals surface area contributed by atoms with Gasteiger partial charge in [-0.15, -0.1) is 5.10 Å². The van der Waals surface area contributed by atoms with E-state index >= 15 is 0 Å². The van der Waals surface area contributed by atoms with Crippen LogP contribution in [-0.2, 0) is 16.0 Å². The molecule has 0 aliphatic rings. The molecule has 1 aromatic heterocycles. The van der Waals surface area contributed by atoms with Crippen molar-refractivity contribution in [3.63, 3.8) is 0 Å². The Balaban J connectivity index is 2.18. The van der Waals surface area contributed by atoms with Crippen LogP contribution in [0.3, 0.4) is 0 Å². The first-order valence-electron chi connectivity index (χ1n) is 7.69. The number of alkyl halides is 3. The Labute approximate surface area is 157 Å². The Bertz CT molecular complexity index is 1120. The van der Waals surface area contributed by atoms with E-state index in [1.165, 1.54) is 43.5 Å². The smallest absolute Gasteiger partial charge is 0.453 e. The minimum absolute atomic E-state index is 0.00569. The molecule has 3 aromatic rings. The van der Waals surface area contributed by atoms with Gasteiger partial charge in [-0.2, -0.15) is 13.2 Å². The lowest BCUT2D eigenvalue weighted by Gasteiger charge is -2.08. The molecule has 2 aromatic carbocycles. The molecule has 0 radical (unpaired) electrons. The highest BCUT2D eigenvalue weighted by Crippen LogP contribution is 2.31. The van der Waals surface area contributed by atoms with Gasteiger partial charge >= 0.3 is 6.18 Å². The van der Waals surface area contributed by atoms with E-state index in [0.717, 1.165) is 17.0 Å². The van der Waals surface area contributed by atoms with Crippen LogP contribution in [0.2, 0.25) is 0 Å². The van der Waals surface area contributed by atoms with E-state index < -0.39 is 27.7 Å². The molecule has 0 spiro atoms. The van der Waals surface area contributed by atoms with E-state index in [0.29, 0.717) is 0 Å². The molecule has 148 valence electrons. The lowest BCUT2D eigenvalue weighted by atomic mass is 10.2. The Kier molecular flexibility index (Phi) is 4.88. The van der Waals surface area contributed by atoms with E-state index in [1.807, 2.05) is 0 Å². The van der Waals surface area contributed by atoms with E-state index in [4.69, 9.17) is 4.74 Å². The predicted octanol–water partition coefficient (Wildman–Crippen LogP) is 3.50. The molecule has 0 fully saturated rings. The first kappa shape index (κ1) is 19.8. The highest BCUT2D eigenvalue weighted by Gasteiger charge is 2.37. The molecule has 0 aliphatic carbocycles. The van der Waals surface area contributed by atoms with Crippen molar-refractivity contribution in [3.8, 4) is 22.8 Å². The number of hydrogen-bond donors (Lipinski definition) is 0. The monoisotopic (exact) mass is 415 g/mol. The van der Waals surface area contributed by atoms with Gasteiger partial charge in [0.15, 0.2) is 27.2 Å². The molecule has 0 saturated heterocycles. The molecule has 0 amide bonds. The average Bonchev–Trinajstić information content (AvgIpc) is 3.07. The second-order valence-electron chi connectivity index (χ2n) is 5.78. The summed E-state index contributed by atoms with van der Waals surface area (Å²) in [6, 6.07) is 8.62. The van der Waals surface area contributed by atoms with Gasteiger partial charge in [-0.05, 0) is 36.4 Å². The Morgan fingerprint density at radius 2 is 1.71 bits per heavy atom. The Morgan fingerprint density at radius 3 is 2.21 bits per heavy atom. The minimum atomic E-state index is -4.82. The number of methoxy groups -OCH3 is 1. The number of hydrogen-bond acceptors (Lipinski definition) is 5. The van der Waals surface area contributed by atoms with Crippen molar-refractivity contribution in [2.24, 2.45) is 0 Å². The summed E-state index contributed by atoms with van der Waals surface area (Å²) in [7, 11) is -2.23. The Morgan fingerprint density at radius 1 is 1.07 bits per heavy atom. The molecule has 0 aliphatic heterocycles. The fraction of sp³-hybridized carbons (Fsp3) is 0.176. The fourth-order valence-corrected chi connectivity index (χ4v) is 3.07. The fourth-order valence-electron chi connectivity index (χ4n) is 2.44. The molecule has 6 nitrogen and oxygen atoms in total. The molecule has 0 atom stereocenters. The third-order valence-electron chi connectivity index (χ3n) is 3.78. The van der Waals surface area contributed by atoms with Gasteiger partial charge in [-0.3, -0.25) is 0 Å². The van der Waals surface area contributed by atoms with Crippen molar-refractivity contribution < 1.29 is 30.7 Å². The highest BCUT2D eigenvalue weighted by atomic mass is 32.2. The SMILES string of the molecule is COc1ccc(-n2nc(C(F)(F)F)nc2-c2ccc(S(C)(=O)=O)cc2)cc1F. The molecular formula is C17H13F4N3O3S. The van der Waals surface area contributed by atoms with Gasteiger partial charge in [0.2, 0.25) is 0 Å². The summed E-state index contributed by atoms with van der Waals surface area (Å²) >= 11 is 0. The zero-order valence-corrected chi connectivity index (χ0v) is 15.3. The van der Waals surface area contributed by atoms with Gasteiger partial charge in [0.05, 0.1) is 17.7 Å². The summed E-state index contributed by atoms with van der Waals surface area (Å²) in [4.78, 5) is 3.51. The molecule has 0 N–H and O–H groups in total. The number of benzene rings is 2. The summed E-state index contributed by atoms with van der Waals surface area (Å²) in [6.07, 6.45) is -3.82. The highest BCUT2D eigenvalue weighted by molar-refractivity contribution is 7.90. The number of aromatic nitrogens is 3. The van der Waals surface area contributed by atoms with Crippen molar-refractivity contribution in [1.29, 1.82) is 0 Å². The summed E-state index contributed by atoms with van der Waals surface area (Å²) in [5, 5.41) is 3.45. The standard InChI is InChI=1S/C17H13F4N3O3S/c1-27-14-8-5-11(9-13(14)18)24-15(22-16(23-24)17(19,20)21)10-3-6-12(7-4-10)28(2,25)26/h3-9H,1-2H3. The predicted molar refractivity (Wildman–Crippen MR) is 91.4 cm³/mol. The Hall–Kier alpha value is -2.95. The van der Waals surface area contributed by atoms with Crippen molar-refractivity contribution in [2.75, 3.05) is 13.4 Å². The summed E-state index contributed by atoms with van der Waals surface area (Å²) < 4.78 is 82.1. The van der Waals surface area contributed by atoms with Crippen LogP contribution in [0.1, 0.15) is 5.82 Å². The van der Waals surface area contributed by atoms with Crippen LogP contribution in [0.15, 0.2) is 47.4 Å². The van der Waals surface area contributed by atoms with Crippen LogP contribution in [0.5, 0.6) is 5.75 Å². The van der Waals surface area contributed by atoms with Crippen molar-refractivity contribution in [2.45, 2.75) is 11.1 Å². The van der Waals surface area contributed by atoms with Gasteiger partial charge < -0.3 is 4.74 Å². The van der Waals surface area contributed by atoms with Crippen molar-refractivity contribution in [1.82, 2.24) is 14.8 Å². The molecule has 0 unspecified atom stereocenters. The van der Waals surface area contributed by atoms with Crippen LogP contribution >= 0.6 is 0 Å². The second-order valence-corrected chi connectivity index (χ2v) is 7.80. The van der Waals surface area contributed by atoms with Crippen LogP contribution in [-0.4, -0.2) is 36.5 Å². The van der Waals surface area contributed by atoms with Crippen molar-refractivity contribution in [3.05, 3.63) is 54.1 Å². The minimum Gasteiger partial charge on any atom is -0.494 e. The third kappa shape index (κ3) is 3.84. The summed E-state index contributed by atoms with van der Waals surface area (Å²) in [6.45, 7) is 0. The first-order valence-corrected chi connectivity index (χ1v) is 9.58. The molecular weight excluding hydrogens is 402 g/mol. The molecule has 0 saturated carbocycles. The largest absolute Gasteiger partial charge is 0.494 e. The number of rotatable bonds is 4. The number of sulfone groups is 1. The van der Waals surface area contributed by atoms with Gasteiger partial charge in [0.1, 0.15) is 0 Å². The third-order valence-corrected chi connectivity index (χ3v) is 4.91. The van der Waals surface area contributed by atoms with Gasteiger partial charge in [0, 0.05) is 17.9 Å².